The van der Waals surface area contributed by atoms with Crippen molar-refractivity contribution in [3.8, 4) is 0 Å². The topological polar surface area (TPSA) is 107 Å². The Labute approximate surface area is 96.4 Å². The Morgan fingerprint density at radius 3 is 2.25 bits per heavy atom. The Bertz CT molecular complexity index is 447. The van der Waals surface area contributed by atoms with E-state index in [-0.39, 0.29) is 16.2 Å². The van der Waals surface area contributed by atoms with E-state index < -0.39 is 11.9 Å². The first-order valence-corrected chi connectivity index (χ1v) is 4.59. The Morgan fingerprint density at radius 1 is 1.19 bits per heavy atom. The van der Waals surface area contributed by atoms with E-state index in [0.717, 1.165) is 0 Å². The quantitative estimate of drug-likeness (QED) is 0.429. The number of carboxylic acid groups (broad SMARTS) is 1. The Hall–Kier alpha value is -2.15. The van der Waals surface area contributed by atoms with Crippen molar-refractivity contribution in [3.05, 3.63) is 35.4 Å². The third kappa shape index (κ3) is 2.92. The molecule has 0 spiro atoms. The largest absolute Gasteiger partial charge is 0.545 e. The van der Waals surface area contributed by atoms with Crippen LogP contribution in [0.15, 0.2) is 24.3 Å². The van der Waals surface area contributed by atoms with Gasteiger partial charge in [-0.1, -0.05) is 18.2 Å². The van der Waals surface area contributed by atoms with Crippen LogP contribution in [0.2, 0.25) is 0 Å². The number of hydrogen-bond donors (Lipinski definition) is 3. The molecule has 84 valence electrons. The number of carboxylic acids is 1. The molecular formula is C9H8N3O3S-. The molecule has 0 bridgehead atoms. The van der Waals surface area contributed by atoms with Gasteiger partial charge in [-0.15, -0.1) is 0 Å². The highest BCUT2D eigenvalue weighted by atomic mass is 32.1. The average molecular weight is 238 g/mol. The number of benzene rings is 1. The summed E-state index contributed by atoms with van der Waals surface area (Å²) >= 11 is 4.47. The highest BCUT2D eigenvalue weighted by Crippen LogP contribution is 2.06. The predicted molar refractivity (Wildman–Crippen MR) is 58.2 cm³/mol. The molecule has 0 aliphatic carbocycles. The van der Waals surface area contributed by atoms with Gasteiger partial charge in [0.1, 0.15) is 0 Å². The number of rotatable bonds is 2. The van der Waals surface area contributed by atoms with Crippen molar-refractivity contribution in [2.75, 3.05) is 0 Å². The van der Waals surface area contributed by atoms with Gasteiger partial charge in [-0.2, -0.15) is 0 Å². The summed E-state index contributed by atoms with van der Waals surface area (Å²) in [6, 6.07) is 5.64. The smallest absolute Gasteiger partial charge is 0.270 e. The van der Waals surface area contributed by atoms with Crippen molar-refractivity contribution in [1.82, 2.24) is 10.9 Å². The highest BCUT2D eigenvalue weighted by Gasteiger charge is 2.10. The van der Waals surface area contributed by atoms with Gasteiger partial charge in [0.15, 0.2) is 5.11 Å². The molecule has 7 heteroatoms. The summed E-state index contributed by atoms with van der Waals surface area (Å²) in [6.45, 7) is 0. The SMILES string of the molecule is NC(=S)NNC(=O)c1ccccc1C(=O)[O-]. The highest BCUT2D eigenvalue weighted by molar-refractivity contribution is 7.80. The van der Waals surface area contributed by atoms with E-state index in [1.54, 1.807) is 0 Å². The molecule has 0 aliphatic heterocycles. The fraction of sp³-hybridized carbons (Fsp3) is 0. The molecule has 0 atom stereocenters. The van der Waals surface area contributed by atoms with Gasteiger partial charge in [0.2, 0.25) is 0 Å². The van der Waals surface area contributed by atoms with Crippen LogP contribution in [-0.2, 0) is 0 Å². The van der Waals surface area contributed by atoms with Crippen LogP contribution >= 0.6 is 12.2 Å². The Morgan fingerprint density at radius 2 is 1.75 bits per heavy atom. The molecule has 0 saturated heterocycles. The first-order chi connectivity index (χ1) is 7.52. The van der Waals surface area contributed by atoms with E-state index >= 15 is 0 Å². The Balaban J connectivity index is 2.90. The number of carbonyl (C=O) groups is 2. The van der Waals surface area contributed by atoms with Crippen molar-refractivity contribution in [1.29, 1.82) is 0 Å². The van der Waals surface area contributed by atoms with Crippen molar-refractivity contribution in [3.63, 3.8) is 0 Å². The molecule has 16 heavy (non-hydrogen) atoms. The summed E-state index contributed by atoms with van der Waals surface area (Å²) in [5, 5.41) is 10.6. The average Bonchev–Trinajstić information content (AvgIpc) is 2.25. The minimum Gasteiger partial charge on any atom is -0.545 e. The molecule has 1 amide bonds. The van der Waals surface area contributed by atoms with E-state index in [1.807, 2.05) is 0 Å². The zero-order valence-electron chi connectivity index (χ0n) is 8.02. The molecular weight excluding hydrogens is 230 g/mol. The molecule has 0 unspecified atom stereocenters. The van der Waals surface area contributed by atoms with Crippen LogP contribution in [0.5, 0.6) is 0 Å². The zero-order valence-corrected chi connectivity index (χ0v) is 8.84. The number of thiocarbonyl (C=S) groups is 1. The van der Waals surface area contributed by atoms with E-state index in [0.29, 0.717) is 0 Å². The van der Waals surface area contributed by atoms with Gasteiger partial charge >= 0.3 is 0 Å². The summed E-state index contributed by atoms with van der Waals surface area (Å²) in [7, 11) is 0. The maximum absolute atomic E-state index is 11.5. The Kier molecular flexibility index (Phi) is 3.78. The van der Waals surface area contributed by atoms with Crippen LogP contribution in [-0.4, -0.2) is 17.0 Å². The summed E-state index contributed by atoms with van der Waals surface area (Å²) in [4.78, 5) is 22.2. The predicted octanol–water partition coefficient (Wildman–Crippen LogP) is -1.47. The third-order valence-corrected chi connectivity index (χ3v) is 1.79. The lowest BCUT2D eigenvalue weighted by Crippen LogP contribution is -2.45. The van der Waals surface area contributed by atoms with E-state index in [1.165, 1.54) is 24.3 Å². The van der Waals surface area contributed by atoms with Gasteiger partial charge in [0, 0.05) is 5.56 Å². The number of hydrazine groups is 1. The summed E-state index contributed by atoms with van der Waals surface area (Å²) < 4.78 is 0. The number of nitrogens with one attached hydrogen (secondary N) is 2. The molecule has 0 aromatic heterocycles. The molecule has 6 nitrogen and oxygen atoms in total. The lowest BCUT2D eigenvalue weighted by Gasteiger charge is -2.10. The van der Waals surface area contributed by atoms with Crippen LogP contribution in [0.3, 0.4) is 0 Å². The molecule has 0 fully saturated rings. The lowest BCUT2D eigenvalue weighted by atomic mass is 10.1. The fourth-order valence-electron chi connectivity index (χ4n) is 1.04. The number of nitrogens with two attached hydrogens (primary N) is 1. The number of aromatic carboxylic acids is 1. The van der Waals surface area contributed by atoms with Crippen molar-refractivity contribution in [2.24, 2.45) is 5.73 Å². The van der Waals surface area contributed by atoms with Gasteiger partial charge in [-0.05, 0) is 18.3 Å². The van der Waals surface area contributed by atoms with Crippen LogP contribution in [0, 0.1) is 0 Å². The summed E-state index contributed by atoms with van der Waals surface area (Å²) in [6.07, 6.45) is 0. The fourth-order valence-corrected chi connectivity index (χ4v) is 1.10. The molecule has 1 aromatic rings. The zero-order chi connectivity index (χ0) is 12.1. The molecule has 0 saturated carbocycles. The second-order valence-corrected chi connectivity index (χ2v) is 3.22. The van der Waals surface area contributed by atoms with Gasteiger partial charge in [0.25, 0.3) is 5.91 Å². The van der Waals surface area contributed by atoms with E-state index in [4.69, 9.17) is 5.73 Å². The number of amides is 1. The third-order valence-electron chi connectivity index (χ3n) is 1.69. The minimum atomic E-state index is -1.43. The van der Waals surface area contributed by atoms with Crippen LogP contribution < -0.4 is 21.7 Å². The molecule has 4 N–H and O–H groups in total. The number of hydrogen-bond acceptors (Lipinski definition) is 4. The van der Waals surface area contributed by atoms with Crippen LogP contribution in [0.25, 0.3) is 0 Å². The van der Waals surface area contributed by atoms with Crippen LogP contribution in [0.4, 0.5) is 0 Å². The second-order valence-electron chi connectivity index (χ2n) is 2.78. The molecule has 0 radical (unpaired) electrons. The second kappa shape index (κ2) is 5.08. The van der Waals surface area contributed by atoms with E-state index in [2.05, 4.69) is 23.1 Å². The van der Waals surface area contributed by atoms with Gasteiger partial charge in [0.05, 0.1) is 11.5 Å². The first kappa shape index (κ1) is 11.9. The van der Waals surface area contributed by atoms with Crippen LogP contribution in [0.1, 0.15) is 20.7 Å². The standard InChI is InChI=1S/C9H9N3O3S/c10-9(16)12-11-7(13)5-3-1-2-4-6(5)8(14)15/h1-4H,(H,11,13)(H,14,15)(H3,10,12,16)/p-1. The monoisotopic (exact) mass is 238 g/mol. The molecule has 1 rings (SSSR count). The normalized spacial score (nSPS) is 9.25. The first-order valence-electron chi connectivity index (χ1n) is 4.18. The van der Waals surface area contributed by atoms with Crippen molar-refractivity contribution >= 4 is 29.2 Å². The maximum atomic E-state index is 11.5. The van der Waals surface area contributed by atoms with Gasteiger partial charge in [-0.3, -0.25) is 15.6 Å². The van der Waals surface area contributed by atoms with E-state index in [9.17, 15) is 14.7 Å². The molecule has 0 aliphatic rings. The summed E-state index contributed by atoms with van der Waals surface area (Å²) in [5.74, 6) is -2.09. The van der Waals surface area contributed by atoms with Crippen molar-refractivity contribution < 1.29 is 14.7 Å². The van der Waals surface area contributed by atoms with Gasteiger partial charge < -0.3 is 15.6 Å². The molecule has 0 heterocycles. The van der Waals surface area contributed by atoms with Crippen molar-refractivity contribution in [2.45, 2.75) is 0 Å². The summed E-state index contributed by atoms with van der Waals surface area (Å²) in [5.41, 5.74) is 9.21. The molecule has 1 aromatic carbocycles. The maximum Gasteiger partial charge on any atom is 0.270 e. The number of carbonyl (C=O) groups excluding carboxylic acids is 2. The minimum absolute atomic E-state index is 0.0359. The lowest BCUT2D eigenvalue weighted by molar-refractivity contribution is -0.255. The van der Waals surface area contributed by atoms with Gasteiger partial charge in [-0.25, -0.2) is 0 Å².